The summed E-state index contributed by atoms with van der Waals surface area (Å²) in [5.41, 5.74) is 1.01. The first kappa shape index (κ1) is 11.6. The Balaban J connectivity index is 3.03. The molecule has 0 spiro atoms. The molecule has 0 aliphatic rings. The summed E-state index contributed by atoms with van der Waals surface area (Å²) >= 11 is 3.34. The monoisotopic (exact) mass is 262 g/mol. The van der Waals surface area contributed by atoms with Crippen LogP contribution in [0.5, 0.6) is 0 Å². The second-order valence-corrected chi connectivity index (χ2v) is 4.65. The van der Waals surface area contributed by atoms with Crippen LogP contribution in [0.1, 0.15) is 19.4 Å². The predicted octanol–water partition coefficient (Wildman–Crippen LogP) is 3.14. The average molecular weight is 263 g/mol. The van der Waals surface area contributed by atoms with Gasteiger partial charge in [-0.1, -0.05) is 21.9 Å². The Kier molecular flexibility index (Phi) is 3.39. The summed E-state index contributed by atoms with van der Waals surface area (Å²) in [5.74, 6) is 2.64. The minimum absolute atomic E-state index is 0.423. The van der Waals surface area contributed by atoms with Crippen LogP contribution in [0.2, 0.25) is 0 Å². The number of nitrogens with zero attached hydrogens (tertiary/aromatic N) is 1. The number of rotatable bonds is 2. The fourth-order valence-corrected chi connectivity index (χ4v) is 1.62. The molecule has 0 saturated carbocycles. The normalized spacial score (nSPS) is 10.2. The van der Waals surface area contributed by atoms with Crippen LogP contribution < -0.4 is 5.32 Å². The van der Waals surface area contributed by atoms with E-state index in [2.05, 4.69) is 33.2 Å². The number of benzene rings is 1. The number of nitrogens with one attached hydrogen (secondary N) is 1. The first-order chi connectivity index (χ1) is 6.96. The van der Waals surface area contributed by atoms with Crippen molar-refractivity contribution >= 4 is 21.6 Å². The van der Waals surface area contributed by atoms with Crippen molar-refractivity contribution in [2.45, 2.75) is 19.4 Å². The lowest BCUT2D eigenvalue weighted by Gasteiger charge is -2.21. The van der Waals surface area contributed by atoms with Gasteiger partial charge in [0, 0.05) is 10.2 Å². The van der Waals surface area contributed by atoms with Gasteiger partial charge in [-0.05, 0) is 32.0 Å². The van der Waals surface area contributed by atoms with Crippen molar-refractivity contribution < 1.29 is 0 Å². The Hall–Kier alpha value is -1.45. The summed E-state index contributed by atoms with van der Waals surface area (Å²) in [5, 5.41) is 12.0. The van der Waals surface area contributed by atoms with Gasteiger partial charge in [-0.3, -0.25) is 0 Å². The van der Waals surface area contributed by atoms with Gasteiger partial charge in [0.2, 0.25) is 0 Å². The SMILES string of the molecule is C#CC(C)(C)Nc1cc(Br)cc(C#N)c1. The second-order valence-electron chi connectivity index (χ2n) is 3.73. The van der Waals surface area contributed by atoms with E-state index < -0.39 is 5.54 Å². The van der Waals surface area contributed by atoms with Crippen LogP contribution in [0.15, 0.2) is 22.7 Å². The van der Waals surface area contributed by atoms with Gasteiger partial charge in [-0.25, -0.2) is 0 Å². The predicted molar refractivity (Wildman–Crippen MR) is 65.4 cm³/mol. The van der Waals surface area contributed by atoms with E-state index in [0.29, 0.717) is 5.56 Å². The Bertz CT molecular complexity index is 450. The summed E-state index contributed by atoms with van der Waals surface area (Å²) in [7, 11) is 0. The molecule has 3 heteroatoms. The van der Waals surface area contributed by atoms with E-state index in [9.17, 15) is 0 Å². The molecule has 2 nitrogen and oxygen atoms in total. The zero-order valence-electron chi connectivity index (χ0n) is 8.63. The molecular formula is C12H11BrN2. The standard InChI is InChI=1S/C12H11BrN2/c1-4-12(2,3)15-11-6-9(8-14)5-10(13)7-11/h1,5-7,15H,2-3H3. The van der Waals surface area contributed by atoms with Crippen LogP contribution in [0, 0.1) is 23.7 Å². The molecule has 0 amide bonds. The molecule has 15 heavy (non-hydrogen) atoms. The molecule has 0 aliphatic heterocycles. The number of nitriles is 1. The molecule has 0 unspecified atom stereocenters. The van der Waals surface area contributed by atoms with E-state index in [-0.39, 0.29) is 0 Å². The first-order valence-electron chi connectivity index (χ1n) is 4.43. The molecule has 0 aromatic heterocycles. The molecular weight excluding hydrogens is 252 g/mol. The molecule has 0 aliphatic carbocycles. The van der Waals surface area contributed by atoms with Crippen LogP contribution in [0.3, 0.4) is 0 Å². The number of hydrogen-bond donors (Lipinski definition) is 1. The summed E-state index contributed by atoms with van der Waals surface area (Å²) in [6.07, 6.45) is 5.37. The van der Waals surface area contributed by atoms with Crippen molar-refractivity contribution in [1.29, 1.82) is 5.26 Å². The lowest BCUT2D eigenvalue weighted by molar-refractivity contribution is 0.741. The number of anilines is 1. The van der Waals surface area contributed by atoms with Crippen LogP contribution in [0.25, 0.3) is 0 Å². The van der Waals surface area contributed by atoms with Crippen molar-refractivity contribution in [2.24, 2.45) is 0 Å². The molecule has 0 atom stereocenters. The quantitative estimate of drug-likeness (QED) is 0.832. The van der Waals surface area contributed by atoms with Crippen molar-refractivity contribution in [3.8, 4) is 18.4 Å². The van der Waals surface area contributed by atoms with Crippen LogP contribution >= 0.6 is 15.9 Å². The lowest BCUT2D eigenvalue weighted by atomic mass is 10.1. The van der Waals surface area contributed by atoms with Crippen molar-refractivity contribution in [2.75, 3.05) is 5.32 Å². The zero-order valence-corrected chi connectivity index (χ0v) is 10.2. The highest BCUT2D eigenvalue weighted by atomic mass is 79.9. The molecule has 0 bridgehead atoms. The fraction of sp³-hybridized carbons (Fsp3) is 0.250. The molecule has 1 aromatic rings. The molecule has 0 fully saturated rings. The van der Waals surface area contributed by atoms with E-state index in [4.69, 9.17) is 11.7 Å². The van der Waals surface area contributed by atoms with Crippen LogP contribution in [-0.4, -0.2) is 5.54 Å². The molecule has 0 radical (unpaired) electrons. The van der Waals surface area contributed by atoms with Crippen LogP contribution in [0.4, 0.5) is 5.69 Å². The van der Waals surface area contributed by atoms with Crippen molar-refractivity contribution in [3.63, 3.8) is 0 Å². The summed E-state index contributed by atoms with van der Waals surface area (Å²) in [6, 6.07) is 7.50. The third kappa shape index (κ3) is 3.31. The van der Waals surface area contributed by atoms with Gasteiger partial charge in [0.25, 0.3) is 0 Å². The lowest BCUT2D eigenvalue weighted by Crippen LogP contribution is -2.28. The maximum absolute atomic E-state index is 8.80. The van der Waals surface area contributed by atoms with E-state index in [1.165, 1.54) is 0 Å². The minimum atomic E-state index is -0.423. The van der Waals surface area contributed by atoms with Gasteiger partial charge in [-0.15, -0.1) is 6.42 Å². The van der Waals surface area contributed by atoms with Gasteiger partial charge < -0.3 is 5.32 Å². The highest BCUT2D eigenvalue weighted by Crippen LogP contribution is 2.21. The highest BCUT2D eigenvalue weighted by Gasteiger charge is 2.13. The van der Waals surface area contributed by atoms with Gasteiger partial charge >= 0.3 is 0 Å². The molecule has 0 saturated heterocycles. The number of halogens is 1. The summed E-state index contributed by atoms with van der Waals surface area (Å²) in [6.45, 7) is 3.81. The Morgan fingerprint density at radius 3 is 2.60 bits per heavy atom. The van der Waals surface area contributed by atoms with E-state index in [1.807, 2.05) is 19.9 Å². The molecule has 0 heterocycles. The maximum atomic E-state index is 8.80. The van der Waals surface area contributed by atoms with E-state index >= 15 is 0 Å². The minimum Gasteiger partial charge on any atom is -0.369 e. The molecule has 1 aromatic carbocycles. The average Bonchev–Trinajstić information content (AvgIpc) is 2.16. The van der Waals surface area contributed by atoms with E-state index in [0.717, 1.165) is 10.2 Å². The topological polar surface area (TPSA) is 35.8 Å². The Morgan fingerprint density at radius 2 is 2.07 bits per heavy atom. The second kappa shape index (κ2) is 4.38. The zero-order chi connectivity index (χ0) is 11.5. The third-order valence-corrected chi connectivity index (χ3v) is 2.30. The van der Waals surface area contributed by atoms with Gasteiger partial charge in [-0.2, -0.15) is 5.26 Å². The highest BCUT2D eigenvalue weighted by molar-refractivity contribution is 9.10. The first-order valence-corrected chi connectivity index (χ1v) is 5.23. The Labute approximate surface area is 98.4 Å². The van der Waals surface area contributed by atoms with Gasteiger partial charge in [0.1, 0.15) is 0 Å². The van der Waals surface area contributed by atoms with Gasteiger partial charge in [0.15, 0.2) is 0 Å². The number of terminal acetylenes is 1. The third-order valence-electron chi connectivity index (χ3n) is 1.84. The maximum Gasteiger partial charge on any atom is 0.0992 e. The van der Waals surface area contributed by atoms with Crippen molar-refractivity contribution in [3.05, 3.63) is 28.2 Å². The summed E-state index contributed by atoms with van der Waals surface area (Å²) in [4.78, 5) is 0. The van der Waals surface area contributed by atoms with Crippen molar-refractivity contribution in [1.82, 2.24) is 0 Å². The fourth-order valence-electron chi connectivity index (χ4n) is 1.12. The van der Waals surface area contributed by atoms with Crippen LogP contribution in [-0.2, 0) is 0 Å². The smallest absolute Gasteiger partial charge is 0.0992 e. The summed E-state index contributed by atoms with van der Waals surface area (Å²) < 4.78 is 0.858. The number of hydrogen-bond acceptors (Lipinski definition) is 2. The van der Waals surface area contributed by atoms with Gasteiger partial charge in [0.05, 0.1) is 17.2 Å². The van der Waals surface area contributed by atoms with E-state index in [1.54, 1.807) is 12.1 Å². The molecule has 1 rings (SSSR count). The molecule has 76 valence electrons. The molecule has 1 N–H and O–H groups in total. The largest absolute Gasteiger partial charge is 0.369 e. The Morgan fingerprint density at radius 1 is 1.40 bits per heavy atom.